The lowest BCUT2D eigenvalue weighted by Crippen LogP contribution is -2.40. The Morgan fingerprint density at radius 2 is 0.839 bits per heavy atom. The molecule has 6 aliphatic rings. The number of nitrogens with one attached hydrogen (secondary N) is 1. The summed E-state index contributed by atoms with van der Waals surface area (Å²) in [6, 6.07) is 14.0. The fourth-order valence-electron chi connectivity index (χ4n) is 11.5. The van der Waals surface area contributed by atoms with Crippen molar-refractivity contribution in [2.45, 2.75) is 155 Å². The predicted octanol–water partition coefficient (Wildman–Crippen LogP) is 10.5. The van der Waals surface area contributed by atoms with E-state index in [1.165, 1.54) is 32.9 Å². The molecule has 516 valence electrons. The van der Waals surface area contributed by atoms with Crippen LogP contribution in [-0.4, -0.2) is 193 Å². The molecule has 6 fully saturated rings. The number of carbonyl (C=O) groups excluding carboxylic acids is 6. The maximum Gasteiger partial charge on any atom is 0.414 e. The molecule has 0 spiro atoms. The zero-order valence-corrected chi connectivity index (χ0v) is 54.3. The summed E-state index contributed by atoms with van der Waals surface area (Å²) in [7, 11) is 0. The van der Waals surface area contributed by atoms with E-state index in [2.05, 4.69) is 20.8 Å². The smallest absolute Gasteiger partial charge is 0.414 e. The van der Waals surface area contributed by atoms with Crippen molar-refractivity contribution in [1.82, 2.24) is 15.6 Å². The van der Waals surface area contributed by atoms with E-state index in [4.69, 9.17) is 38.5 Å². The summed E-state index contributed by atoms with van der Waals surface area (Å²) in [4.78, 5) is 89.7. The number of hydroxylamine groups is 5. The highest BCUT2D eigenvalue weighted by Gasteiger charge is 2.38. The molecule has 5 amide bonds. The van der Waals surface area contributed by atoms with Gasteiger partial charge >= 0.3 is 24.2 Å². The van der Waals surface area contributed by atoms with E-state index in [1.807, 2.05) is 20.2 Å². The van der Waals surface area contributed by atoms with E-state index in [0.717, 1.165) is 88.5 Å². The second-order valence-corrected chi connectivity index (χ2v) is 23.8. The maximum atomic E-state index is 15.0. The molecule has 0 aliphatic carbocycles. The molecule has 0 saturated carbocycles. The summed E-state index contributed by atoms with van der Waals surface area (Å²) < 4.78 is 75.7. The normalized spacial score (nSPS) is 18.9. The molecule has 0 unspecified atom stereocenters. The van der Waals surface area contributed by atoms with Crippen molar-refractivity contribution in [3.63, 3.8) is 0 Å². The van der Waals surface area contributed by atoms with Crippen LogP contribution in [0.25, 0.3) is 0 Å². The van der Waals surface area contributed by atoms with Crippen LogP contribution in [0.5, 0.6) is 0 Å². The summed E-state index contributed by atoms with van der Waals surface area (Å²) in [5.41, 5.74) is 4.62. The van der Waals surface area contributed by atoms with Gasteiger partial charge in [0.2, 0.25) is 5.91 Å². The number of unbranched alkanes of at least 4 members (excludes halogenated alkanes) is 12. The minimum Gasteiger partial charge on any atom is -0.442 e. The zero-order valence-electron chi connectivity index (χ0n) is 54.3. The third-order valence-electron chi connectivity index (χ3n) is 16.7. The first-order chi connectivity index (χ1) is 45.1. The van der Waals surface area contributed by atoms with E-state index >= 15 is 0 Å². The van der Waals surface area contributed by atoms with Crippen molar-refractivity contribution in [3.05, 3.63) is 72.0 Å². The van der Waals surface area contributed by atoms with Gasteiger partial charge in [0.25, 0.3) is 5.91 Å². The Labute approximate surface area is 543 Å². The van der Waals surface area contributed by atoms with Gasteiger partial charge in [0.1, 0.15) is 35.8 Å². The molecule has 0 bridgehead atoms. The van der Waals surface area contributed by atoms with Gasteiger partial charge < -0.3 is 53.2 Å². The Balaban J connectivity index is 0.000000206. The van der Waals surface area contributed by atoms with Gasteiger partial charge in [-0.1, -0.05) is 97.8 Å². The number of anilines is 6. The van der Waals surface area contributed by atoms with Crippen molar-refractivity contribution >= 4 is 70.2 Å². The number of hydrogen-bond donors (Lipinski definition) is 3. The van der Waals surface area contributed by atoms with Gasteiger partial charge in [0.05, 0.1) is 113 Å². The fraction of sp³-hybridized carbons (Fsp3) is 0.636. The van der Waals surface area contributed by atoms with Crippen LogP contribution in [0.4, 0.5) is 61.7 Å². The molecule has 9 rings (SSSR count). The average Bonchev–Trinajstić information content (AvgIpc) is 1.90. The second-order valence-electron chi connectivity index (χ2n) is 23.8. The Hall–Kier alpha value is -7.17. The van der Waals surface area contributed by atoms with E-state index in [9.17, 15) is 47.1 Å². The minimum atomic E-state index is -0.712. The van der Waals surface area contributed by atoms with Gasteiger partial charge in [-0.15, -0.1) is 0 Å². The molecular formula is C66H96F3N9O15. The van der Waals surface area contributed by atoms with Gasteiger partial charge in [-0.05, 0) is 73.9 Å². The van der Waals surface area contributed by atoms with Crippen molar-refractivity contribution in [3.8, 4) is 0 Å². The highest BCUT2D eigenvalue weighted by molar-refractivity contribution is 5.92. The average molecular weight is 1310 g/mol. The monoisotopic (exact) mass is 1310 g/mol. The standard InChI is InChI=1S/C30H46FN3O6.C22H32FN3O5.C14H18FN3O4/c1-3-5-7-9-11-13-28(35)34(40-29(36)14-12-10-8-6-4-2)23-25-22-33(30(37)39-25)24-15-16-27(26(31)21-24)32-17-19-38-20-18-32;1-2-3-4-5-6-7-21(27)26(29)16-18-15-25(22(28)31-18)17-8-9-20(19(23)14-17)24-10-12-30-13-11-24;15-12-7-10(18-9-11(8-16-20)22-14(18)19)1-2-13(12)17-3-5-21-6-4-17/h15-16,21,25H,3-14,17-20,22-23H2,1-2H3;8-9,14,18,29H,2-7,10-13,15-16H2,1H3;1-2,7,11,16,20H,3-6,8-9H2/t25-;18-;11-/m110/s1. The van der Waals surface area contributed by atoms with E-state index in [-0.39, 0.29) is 76.2 Å². The third kappa shape index (κ3) is 22.8. The number of benzene rings is 3. The predicted molar refractivity (Wildman–Crippen MR) is 342 cm³/mol. The van der Waals surface area contributed by atoms with E-state index < -0.39 is 54.2 Å². The molecule has 3 N–H and O–H groups in total. The zero-order chi connectivity index (χ0) is 66.5. The molecule has 6 heterocycles. The molecule has 3 atom stereocenters. The van der Waals surface area contributed by atoms with Gasteiger partial charge in [0, 0.05) is 58.5 Å². The van der Waals surface area contributed by atoms with Crippen LogP contribution in [0, 0.1) is 17.5 Å². The first-order valence-electron chi connectivity index (χ1n) is 33.3. The van der Waals surface area contributed by atoms with Crippen LogP contribution in [0.3, 0.4) is 0 Å². The molecule has 3 aromatic rings. The van der Waals surface area contributed by atoms with Crippen molar-refractivity contribution in [1.29, 1.82) is 0 Å². The van der Waals surface area contributed by atoms with Crippen LogP contribution >= 0.6 is 0 Å². The number of morpholine rings is 3. The van der Waals surface area contributed by atoms with Crippen molar-refractivity contribution < 1.29 is 85.6 Å². The fourth-order valence-corrected chi connectivity index (χ4v) is 11.5. The Bertz CT molecular complexity index is 2850. The van der Waals surface area contributed by atoms with Crippen LogP contribution in [0.15, 0.2) is 54.6 Å². The third-order valence-corrected chi connectivity index (χ3v) is 16.7. The lowest BCUT2D eigenvalue weighted by Gasteiger charge is -2.29. The Morgan fingerprint density at radius 3 is 1.22 bits per heavy atom. The summed E-state index contributed by atoms with van der Waals surface area (Å²) in [6.07, 6.45) is 12.0. The molecule has 24 nitrogen and oxygen atoms in total. The van der Waals surface area contributed by atoms with Crippen molar-refractivity contribution in [2.24, 2.45) is 0 Å². The topological polar surface area (TPSA) is 245 Å². The lowest BCUT2D eigenvalue weighted by atomic mass is 10.1. The maximum absolute atomic E-state index is 15.0. The molecule has 0 radical (unpaired) electrons. The van der Waals surface area contributed by atoms with Gasteiger partial charge in [-0.3, -0.25) is 29.5 Å². The Kier molecular flexibility index (Phi) is 30.6. The number of nitrogens with zero attached hydrogens (tertiary/aromatic N) is 8. The lowest BCUT2D eigenvalue weighted by molar-refractivity contribution is -0.202. The molecule has 0 aromatic heterocycles. The van der Waals surface area contributed by atoms with Crippen LogP contribution < -0.4 is 34.9 Å². The molecule has 93 heavy (non-hydrogen) atoms. The summed E-state index contributed by atoms with van der Waals surface area (Å²) in [6.45, 7) is 13.9. The number of cyclic esters (lactones) is 3. The summed E-state index contributed by atoms with van der Waals surface area (Å²) in [5, 5.41) is 20.4. The number of ether oxygens (including phenoxy) is 6. The molecule has 27 heteroatoms. The first-order valence-corrected chi connectivity index (χ1v) is 33.3. The van der Waals surface area contributed by atoms with Gasteiger partial charge in [0.15, 0.2) is 0 Å². The minimum absolute atomic E-state index is 0.0635. The van der Waals surface area contributed by atoms with E-state index in [0.29, 0.717) is 131 Å². The Morgan fingerprint density at radius 1 is 0.495 bits per heavy atom. The highest BCUT2D eigenvalue weighted by atomic mass is 19.1. The summed E-state index contributed by atoms with van der Waals surface area (Å²) >= 11 is 0. The highest BCUT2D eigenvalue weighted by Crippen LogP contribution is 2.32. The van der Waals surface area contributed by atoms with Crippen LogP contribution in [-0.2, 0) is 47.6 Å². The molecule has 6 aliphatic heterocycles. The molecular weight excluding hydrogens is 1220 g/mol. The van der Waals surface area contributed by atoms with Crippen LogP contribution in [0.2, 0.25) is 0 Å². The van der Waals surface area contributed by atoms with Crippen LogP contribution in [0.1, 0.15) is 136 Å². The molecule has 6 saturated heterocycles. The van der Waals surface area contributed by atoms with Crippen molar-refractivity contribution in [2.75, 3.05) is 148 Å². The van der Waals surface area contributed by atoms with Gasteiger partial charge in [-0.25, -0.2) is 42.9 Å². The number of amides is 5. The number of rotatable bonds is 30. The number of hydrogen-bond acceptors (Lipinski definition) is 19. The van der Waals surface area contributed by atoms with E-state index in [1.54, 1.807) is 36.4 Å². The largest absolute Gasteiger partial charge is 0.442 e. The molecule has 3 aromatic carbocycles. The first kappa shape index (κ1) is 73.2. The van der Waals surface area contributed by atoms with Gasteiger partial charge in [-0.2, -0.15) is 5.06 Å². The second kappa shape index (κ2) is 38.9. The number of carbonyl (C=O) groups is 6. The number of halogens is 3. The quantitative estimate of drug-likeness (QED) is 0.0243. The summed E-state index contributed by atoms with van der Waals surface area (Å²) in [5.74, 6) is -2.37. The SMILES string of the molecule is CCCCCCCC(=O)N(O)C[C@H]1CN(c2ccc(N3CCOCC3)c(F)c2)C(=O)O1.CCCCCCCC(=O)ON(C[C@H]1CN(c2ccc(N3CCOCC3)c(F)c2)C(=O)O1)C(=O)CCCCCCC.O=C1O[C@@H](CNO)CN1c1ccc(N2CCOCC2)c(F)c1.